The third-order valence-electron chi connectivity index (χ3n) is 3.04. The number of esters is 1. The Kier molecular flexibility index (Phi) is 4.83. The van der Waals surface area contributed by atoms with Gasteiger partial charge < -0.3 is 19.6 Å². The van der Waals surface area contributed by atoms with Gasteiger partial charge in [-0.2, -0.15) is 0 Å². The molecule has 1 heterocycles. The summed E-state index contributed by atoms with van der Waals surface area (Å²) in [5.41, 5.74) is 0.842. The number of amides is 1. The van der Waals surface area contributed by atoms with Gasteiger partial charge in [0.1, 0.15) is 17.1 Å². The van der Waals surface area contributed by atoms with Crippen LogP contribution in [-0.4, -0.2) is 23.1 Å². The molecule has 1 aromatic carbocycles. The Morgan fingerprint density at radius 1 is 1.36 bits per heavy atom. The fraction of sp³-hybridized carbons (Fsp3) is 0.250. The number of nitrogens with one attached hydrogen (secondary N) is 1. The van der Waals surface area contributed by atoms with E-state index in [4.69, 9.17) is 9.15 Å². The number of carbonyl (C=O) groups is 2. The lowest BCUT2D eigenvalue weighted by molar-refractivity contribution is -0.129. The number of phenols is 1. The van der Waals surface area contributed by atoms with Gasteiger partial charge in [0.25, 0.3) is 5.91 Å². The van der Waals surface area contributed by atoms with Crippen LogP contribution in [0.3, 0.4) is 0 Å². The molecule has 22 heavy (non-hydrogen) atoms. The molecule has 0 aliphatic rings. The average molecular weight is 303 g/mol. The zero-order valence-corrected chi connectivity index (χ0v) is 12.3. The van der Waals surface area contributed by atoms with Crippen LogP contribution < -0.4 is 5.32 Å². The molecule has 0 aliphatic heterocycles. The van der Waals surface area contributed by atoms with Gasteiger partial charge in [-0.05, 0) is 43.7 Å². The van der Waals surface area contributed by atoms with E-state index in [1.54, 1.807) is 25.1 Å². The van der Waals surface area contributed by atoms with E-state index < -0.39 is 18.0 Å². The zero-order chi connectivity index (χ0) is 16.1. The quantitative estimate of drug-likeness (QED) is 0.826. The van der Waals surface area contributed by atoms with Crippen LogP contribution >= 0.6 is 0 Å². The molecular formula is C16H17NO5. The Morgan fingerprint density at radius 2 is 2.14 bits per heavy atom. The first-order chi connectivity index (χ1) is 10.5. The van der Waals surface area contributed by atoms with Gasteiger partial charge in [-0.1, -0.05) is 6.07 Å². The number of ether oxygens (including phenoxy) is 1. The normalized spacial score (nSPS) is 11.7. The molecule has 0 spiro atoms. The number of hydrogen-bond donors (Lipinski definition) is 2. The fourth-order valence-corrected chi connectivity index (χ4v) is 1.82. The van der Waals surface area contributed by atoms with E-state index in [1.165, 1.54) is 25.3 Å². The molecule has 1 atom stereocenters. The van der Waals surface area contributed by atoms with Crippen molar-refractivity contribution < 1.29 is 23.8 Å². The van der Waals surface area contributed by atoms with Gasteiger partial charge in [0.15, 0.2) is 6.10 Å². The molecule has 2 rings (SSSR count). The number of furan rings is 1. The molecule has 2 N–H and O–H groups in total. The lowest BCUT2D eigenvalue weighted by Crippen LogP contribution is -2.35. The lowest BCUT2D eigenvalue weighted by atomic mass is 10.1. The first kappa shape index (κ1) is 15.6. The first-order valence-electron chi connectivity index (χ1n) is 6.78. The van der Waals surface area contributed by atoms with Crippen molar-refractivity contribution in [3.05, 3.63) is 53.5 Å². The number of benzene rings is 1. The predicted octanol–water partition coefficient (Wildman–Crippen LogP) is 2.16. The van der Waals surface area contributed by atoms with Gasteiger partial charge in [0.05, 0.1) is 12.8 Å². The SMILES string of the molecule is Cc1ccc(C(=O)O[C@@H](C)C(=O)NCc2ccco2)c(O)c1. The minimum atomic E-state index is -0.983. The summed E-state index contributed by atoms with van der Waals surface area (Å²) in [6.45, 7) is 3.46. The van der Waals surface area contributed by atoms with Crippen LogP contribution in [0.5, 0.6) is 5.75 Å². The van der Waals surface area contributed by atoms with E-state index >= 15 is 0 Å². The van der Waals surface area contributed by atoms with Gasteiger partial charge in [-0.25, -0.2) is 4.79 Å². The van der Waals surface area contributed by atoms with Crippen LogP contribution in [0.4, 0.5) is 0 Å². The smallest absolute Gasteiger partial charge is 0.342 e. The minimum Gasteiger partial charge on any atom is -0.507 e. The third kappa shape index (κ3) is 3.88. The predicted molar refractivity (Wildman–Crippen MR) is 78.3 cm³/mol. The summed E-state index contributed by atoms with van der Waals surface area (Å²) in [7, 11) is 0. The third-order valence-corrected chi connectivity index (χ3v) is 3.04. The molecule has 6 heteroatoms. The van der Waals surface area contributed by atoms with Gasteiger partial charge >= 0.3 is 5.97 Å². The molecule has 0 bridgehead atoms. The molecular weight excluding hydrogens is 286 g/mol. The van der Waals surface area contributed by atoms with Crippen molar-refractivity contribution in [1.29, 1.82) is 0 Å². The molecule has 0 fully saturated rings. The molecule has 0 unspecified atom stereocenters. The van der Waals surface area contributed by atoms with Gasteiger partial charge in [0, 0.05) is 0 Å². The highest BCUT2D eigenvalue weighted by Gasteiger charge is 2.20. The van der Waals surface area contributed by atoms with Crippen LogP contribution in [0.1, 0.15) is 28.6 Å². The summed E-state index contributed by atoms with van der Waals surface area (Å²) in [5.74, 6) is -0.772. The van der Waals surface area contributed by atoms with Crippen LogP contribution in [0, 0.1) is 6.92 Å². The van der Waals surface area contributed by atoms with E-state index in [-0.39, 0.29) is 17.9 Å². The van der Waals surface area contributed by atoms with Crippen molar-refractivity contribution in [2.24, 2.45) is 0 Å². The molecule has 6 nitrogen and oxygen atoms in total. The first-order valence-corrected chi connectivity index (χ1v) is 6.78. The lowest BCUT2D eigenvalue weighted by Gasteiger charge is -2.13. The van der Waals surface area contributed by atoms with Crippen LogP contribution in [0.15, 0.2) is 41.0 Å². The summed E-state index contributed by atoms with van der Waals surface area (Å²) in [5, 5.41) is 12.3. The number of phenolic OH excluding ortho intramolecular Hbond substituents is 1. The van der Waals surface area contributed by atoms with E-state index in [9.17, 15) is 14.7 Å². The van der Waals surface area contributed by atoms with Crippen molar-refractivity contribution >= 4 is 11.9 Å². The largest absolute Gasteiger partial charge is 0.507 e. The maximum atomic E-state index is 11.9. The highest BCUT2D eigenvalue weighted by molar-refractivity contribution is 5.94. The Morgan fingerprint density at radius 3 is 2.77 bits per heavy atom. The van der Waals surface area contributed by atoms with E-state index in [1.807, 2.05) is 0 Å². The number of hydrogen-bond acceptors (Lipinski definition) is 5. The van der Waals surface area contributed by atoms with Crippen molar-refractivity contribution in [3.8, 4) is 5.75 Å². The molecule has 1 aromatic heterocycles. The standard InChI is InChI=1S/C16H17NO5/c1-10-5-6-13(14(18)8-10)16(20)22-11(2)15(19)17-9-12-4-3-7-21-12/h3-8,11,18H,9H2,1-2H3,(H,17,19)/t11-/m0/s1. The Labute approximate surface area is 127 Å². The van der Waals surface area contributed by atoms with Gasteiger partial charge in [-0.15, -0.1) is 0 Å². The maximum Gasteiger partial charge on any atom is 0.342 e. The number of carbonyl (C=O) groups excluding carboxylic acids is 2. The number of aryl methyl sites for hydroxylation is 1. The Hall–Kier alpha value is -2.76. The number of rotatable bonds is 5. The van der Waals surface area contributed by atoms with Crippen LogP contribution in [0.25, 0.3) is 0 Å². The highest BCUT2D eigenvalue weighted by Crippen LogP contribution is 2.19. The van der Waals surface area contributed by atoms with Crippen molar-refractivity contribution in [2.75, 3.05) is 0 Å². The van der Waals surface area contributed by atoms with E-state index in [0.29, 0.717) is 5.76 Å². The molecule has 0 saturated carbocycles. The second-order valence-corrected chi connectivity index (χ2v) is 4.87. The van der Waals surface area contributed by atoms with Gasteiger partial charge in [-0.3, -0.25) is 4.79 Å². The summed E-state index contributed by atoms with van der Waals surface area (Å²) in [6, 6.07) is 8.03. The monoisotopic (exact) mass is 303 g/mol. The fourth-order valence-electron chi connectivity index (χ4n) is 1.82. The van der Waals surface area contributed by atoms with Crippen LogP contribution in [0.2, 0.25) is 0 Å². The Bertz CT molecular complexity index is 663. The molecule has 116 valence electrons. The van der Waals surface area contributed by atoms with Gasteiger partial charge in [0.2, 0.25) is 0 Å². The second-order valence-electron chi connectivity index (χ2n) is 4.87. The summed E-state index contributed by atoms with van der Waals surface area (Å²) in [6.07, 6.45) is 0.522. The van der Waals surface area contributed by atoms with E-state index in [0.717, 1.165) is 5.56 Å². The summed E-state index contributed by atoms with van der Waals surface area (Å²) in [4.78, 5) is 23.8. The molecule has 0 saturated heterocycles. The second kappa shape index (κ2) is 6.80. The summed E-state index contributed by atoms with van der Waals surface area (Å²) >= 11 is 0. The summed E-state index contributed by atoms with van der Waals surface area (Å²) < 4.78 is 10.1. The molecule has 0 radical (unpaired) electrons. The van der Waals surface area contributed by atoms with Crippen molar-refractivity contribution in [3.63, 3.8) is 0 Å². The van der Waals surface area contributed by atoms with Crippen molar-refractivity contribution in [1.82, 2.24) is 5.32 Å². The van der Waals surface area contributed by atoms with Crippen LogP contribution in [-0.2, 0) is 16.1 Å². The topological polar surface area (TPSA) is 88.8 Å². The highest BCUT2D eigenvalue weighted by atomic mass is 16.5. The molecule has 0 aliphatic carbocycles. The number of aromatic hydroxyl groups is 1. The zero-order valence-electron chi connectivity index (χ0n) is 12.3. The maximum absolute atomic E-state index is 11.9. The molecule has 1 amide bonds. The minimum absolute atomic E-state index is 0.0243. The van der Waals surface area contributed by atoms with E-state index in [2.05, 4.69) is 5.32 Å². The van der Waals surface area contributed by atoms with Crippen molar-refractivity contribution in [2.45, 2.75) is 26.5 Å². The average Bonchev–Trinajstić information content (AvgIpc) is 2.97. The Balaban J connectivity index is 1.91. The molecule has 2 aromatic rings.